The first-order chi connectivity index (χ1) is 10.2. The molecule has 1 aromatic rings. The second kappa shape index (κ2) is 7.84. The Morgan fingerprint density at radius 3 is 2.48 bits per heavy atom. The van der Waals surface area contributed by atoms with Crippen LogP contribution in [0.15, 0.2) is 12.1 Å². The molecule has 0 aromatic heterocycles. The molecule has 0 amide bonds. The third-order valence-electron chi connectivity index (χ3n) is 4.90. The van der Waals surface area contributed by atoms with E-state index in [0.29, 0.717) is 6.04 Å². The summed E-state index contributed by atoms with van der Waals surface area (Å²) in [5.41, 5.74) is 4.05. The summed E-state index contributed by atoms with van der Waals surface area (Å²) in [5, 5.41) is 3.71. The lowest BCUT2D eigenvalue weighted by Crippen LogP contribution is -2.25. The topological polar surface area (TPSA) is 21.3 Å². The van der Waals surface area contributed by atoms with Gasteiger partial charge in [0.1, 0.15) is 5.75 Å². The van der Waals surface area contributed by atoms with Crippen LogP contribution in [0.5, 0.6) is 5.75 Å². The molecule has 21 heavy (non-hydrogen) atoms. The van der Waals surface area contributed by atoms with Gasteiger partial charge in [0.25, 0.3) is 0 Å². The van der Waals surface area contributed by atoms with Crippen molar-refractivity contribution in [3.8, 4) is 5.75 Å². The van der Waals surface area contributed by atoms with E-state index in [1.165, 1.54) is 55.2 Å². The molecule has 0 spiro atoms. The summed E-state index contributed by atoms with van der Waals surface area (Å²) >= 11 is 0. The van der Waals surface area contributed by atoms with Crippen molar-refractivity contribution in [3.05, 3.63) is 28.8 Å². The van der Waals surface area contributed by atoms with Gasteiger partial charge < -0.3 is 10.1 Å². The van der Waals surface area contributed by atoms with E-state index in [0.717, 1.165) is 18.2 Å². The maximum Gasteiger partial charge on any atom is 0.122 e. The highest BCUT2D eigenvalue weighted by molar-refractivity contribution is 5.42. The van der Waals surface area contributed by atoms with Crippen LogP contribution in [0.4, 0.5) is 0 Å². The lowest BCUT2D eigenvalue weighted by molar-refractivity contribution is 0.301. The highest BCUT2D eigenvalue weighted by Gasteiger charge is 2.21. The van der Waals surface area contributed by atoms with Crippen LogP contribution < -0.4 is 10.1 Å². The summed E-state index contributed by atoms with van der Waals surface area (Å²) in [6.45, 7) is 7.59. The highest BCUT2D eigenvalue weighted by atomic mass is 16.5. The van der Waals surface area contributed by atoms with Crippen molar-refractivity contribution in [2.75, 3.05) is 13.7 Å². The summed E-state index contributed by atoms with van der Waals surface area (Å²) in [6, 6.07) is 5.00. The smallest absolute Gasteiger partial charge is 0.122 e. The van der Waals surface area contributed by atoms with Crippen LogP contribution in [0.3, 0.4) is 0 Å². The van der Waals surface area contributed by atoms with Crippen LogP contribution in [0.25, 0.3) is 0 Å². The number of hydrogen-bond acceptors (Lipinski definition) is 2. The molecule has 1 saturated carbocycles. The fraction of sp³-hybridized carbons (Fsp3) is 0.684. The lowest BCUT2D eigenvalue weighted by Gasteiger charge is -2.28. The Morgan fingerprint density at radius 2 is 1.86 bits per heavy atom. The SMILES string of the molecule is CCNC(CC1CCCCC1)c1cc(C)c(OC)cc1C. The van der Waals surface area contributed by atoms with Crippen LogP contribution in [0, 0.1) is 19.8 Å². The average molecular weight is 289 g/mol. The minimum absolute atomic E-state index is 0.489. The molecule has 0 radical (unpaired) electrons. The molecule has 1 aliphatic rings. The predicted octanol–water partition coefficient (Wildman–Crippen LogP) is 4.93. The first-order valence-corrected chi connectivity index (χ1v) is 8.54. The predicted molar refractivity (Wildman–Crippen MR) is 90.1 cm³/mol. The third-order valence-corrected chi connectivity index (χ3v) is 4.90. The first-order valence-electron chi connectivity index (χ1n) is 8.54. The molecule has 0 bridgehead atoms. The van der Waals surface area contributed by atoms with Crippen molar-refractivity contribution in [3.63, 3.8) is 0 Å². The van der Waals surface area contributed by atoms with E-state index in [4.69, 9.17) is 4.74 Å². The molecule has 0 aliphatic heterocycles. The van der Waals surface area contributed by atoms with Crippen LogP contribution in [-0.2, 0) is 0 Å². The van der Waals surface area contributed by atoms with E-state index in [-0.39, 0.29) is 0 Å². The van der Waals surface area contributed by atoms with Gasteiger partial charge in [-0.15, -0.1) is 0 Å². The Bertz CT molecular complexity index is 449. The number of aryl methyl sites for hydroxylation is 2. The Hall–Kier alpha value is -1.02. The van der Waals surface area contributed by atoms with Crippen LogP contribution in [0.1, 0.15) is 68.2 Å². The van der Waals surface area contributed by atoms with E-state index >= 15 is 0 Å². The zero-order valence-electron chi connectivity index (χ0n) is 14.2. The van der Waals surface area contributed by atoms with Crippen LogP contribution in [0.2, 0.25) is 0 Å². The Kier molecular flexibility index (Phi) is 6.10. The van der Waals surface area contributed by atoms with Gasteiger partial charge in [0, 0.05) is 6.04 Å². The van der Waals surface area contributed by atoms with E-state index < -0.39 is 0 Å². The van der Waals surface area contributed by atoms with E-state index in [9.17, 15) is 0 Å². The molecular weight excluding hydrogens is 258 g/mol. The molecule has 2 heteroatoms. The molecular formula is C19H31NO. The fourth-order valence-corrected chi connectivity index (χ4v) is 3.73. The van der Waals surface area contributed by atoms with Gasteiger partial charge in [-0.1, -0.05) is 45.1 Å². The quantitative estimate of drug-likeness (QED) is 0.801. The van der Waals surface area contributed by atoms with Crippen LogP contribution >= 0.6 is 0 Å². The van der Waals surface area contributed by atoms with Crippen LogP contribution in [-0.4, -0.2) is 13.7 Å². The second-order valence-electron chi connectivity index (χ2n) is 6.53. The summed E-state index contributed by atoms with van der Waals surface area (Å²) in [5.74, 6) is 1.90. The molecule has 1 atom stereocenters. The minimum atomic E-state index is 0.489. The van der Waals surface area contributed by atoms with E-state index in [1.54, 1.807) is 7.11 Å². The number of rotatable bonds is 6. The van der Waals surface area contributed by atoms with E-state index in [2.05, 4.69) is 38.2 Å². The summed E-state index contributed by atoms with van der Waals surface area (Å²) in [6.07, 6.45) is 8.38. The van der Waals surface area contributed by atoms with E-state index in [1.807, 2.05) is 0 Å². The number of nitrogens with one attached hydrogen (secondary N) is 1. The molecule has 0 saturated heterocycles. The first kappa shape index (κ1) is 16.4. The monoisotopic (exact) mass is 289 g/mol. The largest absolute Gasteiger partial charge is 0.496 e. The summed E-state index contributed by atoms with van der Waals surface area (Å²) < 4.78 is 5.45. The third kappa shape index (κ3) is 4.23. The van der Waals surface area contributed by atoms with Crippen molar-refractivity contribution in [2.24, 2.45) is 5.92 Å². The van der Waals surface area contributed by atoms with Gasteiger partial charge in [0.2, 0.25) is 0 Å². The fourth-order valence-electron chi connectivity index (χ4n) is 3.73. The van der Waals surface area contributed by atoms with Crippen molar-refractivity contribution in [2.45, 2.75) is 65.3 Å². The molecule has 1 N–H and O–H groups in total. The molecule has 1 unspecified atom stereocenters. The van der Waals surface area contributed by atoms with Crippen molar-refractivity contribution >= 4 is 0 Å². The maximum atomic E-state index is 5.45. The number of ether oxygens (including phenoxy) is 1. The van der Waals surface area contributed by atoms with Gasteiger partial charge >= 0.3 is 0 Å². The van der Waals surface area contributed by atoms with Gasteiger partial charge in [-0.25, -0.2) is 0 Å². The molecule has 0 heterocycles. The van der Waals surface area contributed by atoms with Crippen molar-refractivity contribution < 1.29 is 4.74 Å². The number of hydrogen-bond donors (Lipinski definition) is 1. The molecule has 1 aromatic carbocycles. The summed E-state index contributed by atoms with van der Waals surface area (Å²) in [4.78, 5) is 0. The Balaban J connectivity index is 2.18. The lowest BCUT2D eigenvalue weighted by atomic mass is 9.82. The van der Waals surface area contributed by atoms with Gasteiger partial charge in [-0.05, 0) is 55.5 Å². The number of methoxy groups -OCH3 is 1. The molecule has 2 nitrogen and oxygen atoms in total. The zero-order valence-corrected chi connectivity index (χ0v) is 14.2. The molecule has 1 aliphatic carbocycles. The maximum absolute atomic E-state index is 5.45. The second-order valence-corrected chi connectivity index (χ2v) is 6.53. The highest BCUT2D eigenvalue weighted by Crippen LogP contribution is 2.34. The van der Waals surface area contributed by atoms with Crippen molar-refractivity contribution in [1.29, 1.82) is 0 Å². The zero-order chi connectivity index (χ0) is 15.2. The number of benzene rings is 1. The average Bonchev–Trinajstić information content (AvgIpc) is 2.50. The van der Waals surface area contributed by atoms with Gasteiger partial charge in [0.05, 0.1) is 7.11 Å². The van der Waals surface area contributed by atoms with Gasteiger partial charge in [0.15, 0.2) is 0 Å². The Morgan fingerprint density at radius 1 is 1.14 bits per heavy atom. The Labute approximate surface area is 130 Å². The van der Waals surface area contributed by atoms with Gasteiger partial charge in [-0.2, -0.15) is 0 Å². The van der Waals surface area contributed by atoms with Gasteiger partial charge in [-0.3, -0.25) is 0 Å². The molecule has 118 valence electrons. The molecule has 1 fully saturated rings. The summed E-state index contributed by atoms with van der Waals surface area (Å²) in [7, 11) is 1.76. The van der Waals surface area contributed by atoms with Crippen molar-refractivity contribution in [1.82, 2.24) is 5.32 Å². The standard InChI is InChI=1S/C19H31NO/c1-5-20-18(13-16-9-7-6-8-10-16)17-11-15(3)19(21-4)12-14(17)2/h11-12,16,18,20H,5-10,13H2,1-4H3. The molecule has 2 rings (SSSR count). The minimum Gasteiger partial charge on any atom is -0.496 e. The normalized spacial score (nSPS) is 17.7.